The average molecular weight is 353 g/mol. The summed E-state index contributed by atoms with van der Waals surface area (Å²) in [6, 6.07) is 11.4. The Kier molecular flexibility index (Phi) is 6.02. The van der Waals surface area contributed by atoms with Gasteiger partial charge in [0, 0.05) is 0 Å². The van der Waals surface area contributed by atoms with Crippen molar-refractivity contribution in [3.8, 4) is 5.75 Å². The molecule has 6 heteroatoms. The monoisotopic (exact) mass is 352 g/mol. The molecule has 23 heavy (non-hydrogen) atoms. The first kappa shape index (κ1) is 17.3. The first-order valence-corrected chi connectivity index (χ1v) is 7.73. The summed E-state index contributed by atoms with van der Waals surface area (Å²) < 4.78 is 9.57. The summed E-state index contributed by atoms with van der Waals surface area (Å²) in [5.74, 6) is -0.843. The highest BCUT2D eigenvalue weighted by Gasteiger charge is 2.18. The molecular weight excluding hydrogens is 339 g/mol. The largest absolute Gasteiger partial charge is 0.522 e. The van der Waals surface area contributed by atoms with E-state index < -0.39 is 12.1 Å². The van der Waals surface area contributed by atoms with Gasteiger partial charge in [0.25, 0.3) is 0 Å². The molecule has 0 saturated carbocycles. The van der Waals surface area contributed by atoms with E-state index in [1.807, 2.05) is 6.92 Å². The lowest BCUT2D eigenvalue weighted by molar-refractivity contribution is 0.0530. The Morgan fingerprint density at radius 3 is 2.22 bits per heavy atom. The molecule has 0 aliphatic carbocycles. The number of halogens is 2. The van der Waals surface area contributed by atoms with Crippen molar-refractivity contribution in [3.05, 3.63) is 63.6 Å². The molecule has 0 aliphatic heterocycles. The van der Waals surface area contributed by atoms with E-state index >= 15 is 0 Å². The number of carbonyl (C=O) groups excluding carboxylic acids is 2. The minimum Gasteiger partial charge on any atom is -0.391 e. The second-order valence-electron chi connectivity index (χ2n) is 4.75. The van der Waals surface area contributed by atoms with Gasteiger partial charge < -0.3 is 9.47 Å². The van der Waals surface area contributed by atoms with Gasteiger partial charge in [-0.3, -0.25) is 0 Å². The second kappa shape index (κ2) is 7.99. The van der Waals surface area contributed by atoms with E-state index in [-0.39, 0.29) is 21.4 Å². The lowest BCUT2D eigenvalue weighted by Gasteiger charge is -2.10. The molecule has 0 aromatic heterocycles. The van der Waals surface area contributed by atoms with Crippen molar-refractivity contribution < 1.29 is 19.1 Å². The zero-order chi connectivity index (χ0) is 16.8. The van der Waals surface area contributed by atoms with Gasteiger partial charge in [0.05, 0.1) is 15.6 Å². The predicted octanol–water partition coefficient (Wildman–Crippen LogP) is 5.30. The van der Waals surface area contributed by atoms with Crippen LogP contribution in [0.2, 0.25) is 10.0 Å². The smallest absolute Gasteiger partial charge is 0.391 e. The molecule has 0 saturated heterocycles. The molecule has 0 aliphatic rings. The molecule has 0 heterocycles. The molecule has 0 N–H and O–H groups in total. The second-order valence-corrected chi connectivity index (χ2v) is 5.56. The van der Waals surface area contributed by atoms with Crippen molar-refractivity contribution in [2.45, 2.75) is 19.8 Å². The van der Waals surface area contributed by atoms with Gasteiger partial charge in [0.2, 0.25) is 0 Å². The maximum absolute atomic E-state index is 11.8. The summed E-state index contributed by atoms with van der Waals surface area (Å²) >= 11 is 12.1. The van der Waals surface area contributed by atoms with E-state index in [9.17, 15) is 9.59 Å². The Labute approximate surface area is 143 Å². The molecule has 0 bridgehead atoms. The van der Waals surface area contributed by atoms with E-state index in [1.54, 1.807) is 30.3 Å². The van der Waals surface area contributed by atoms with Crippen LogP contribution >= 0.6 is 23.2 Å². The molecule has 0 fully saturated rings. The average Bonchev–Trinajstić information content (AvgIpc) is 2.52. The van der Waals surface area contributed by atoms with Gasteiger partial charge >= 0.3 is 12.1 Å². The standard InChI is InChI=1S/C17H14Cl2O4/c1-2-6-11-9-13(18)15(14(19)10-11)22-17(21)23-16(20)12-7-4-3-5-8-12/h3-5,7-10H,2,6H2,1H3. The summed E-state index contributed by atoms with van der Waals surface area (Å²) in [5.41, 5.74) is 1.17. The number of hydrogen-bond acceptors (Lipinski definition) is 4. The minimum atomic E-state index is -1.19. The molecular formula is C17H14Cl2O4. The van der Waals surface area contributed by atoms with E-state index in [1.165, 1.54) is 12.1 Å². The Morgan fingerprint density at radius 2 is 1.65 bits per heavy atom. The van der Waals surface area contributed by atoms with Crippen LogP contribution in [0.15, 0.2) is 42.5 Å². The van der Waals surface area contributed by atoms with Gasteiger partial charge in [-0.05, 0) is 36.2 Å². The third-order valence-corrected chi connectivity index (χ3v) is 3.53. The molecule has 0 atom stereocenters. The highest BCUT2D eigenvalue weighted by atomic mass is 35.5. The fourth-order valence-corrected chi connectivity index (χ4v) is 2.57. The molecule has 120 valence electrons. The number of aryl methyl sites for hydroxylation is 1. The van der Waals surface area contributed by atoms with Gasteiger partial charge in [0.15, 0.2) is 5.75 Å². The normalized spacial score (nSPS) is 10.2. The highest BCUT2D eigenvalue weighted by Crippen LogP contribution is 2.34. The summed E-state index contributed by atoms with van der Waals surface area (Å²) in [4.78, 5) is 23.5. The quantitative estimate of drug-likeness (QED) is 0.425. The van der Waals surface area contributed by atoms with Gasteiger partial charge in [-0.25, -0.2) is 9.59 Å². The van der Waals surface area contributed by atoms with Crippen molar-refractivity contribution in [2.24, 2.45) is 0 Å². The van der Waals surface area contributed by atoms with Crippen LogP contribution in [-0.2, 0) is 11.2 Å². The predicted molar refractivity (Wildman–Crippen MR) is 88.3 cm³/mol. The molecule has 2 rings (SSSR count). The Balaban J connectivity index is 2.07. The number of rotatable bonds is 4. The Bertz CT molecular complexity index is 691. The van der Waals surface area contributed by atoms with Crippen LogP contribution in [0.1, 0.15) is 29.3 Å². The molecule has 0 radical (unpaired) electrons. The maximum atomic E-state index is 11.8. The van der Waals surface area contributed by atoms with Crippen LogP contribution in [0.25, 0.3) is 0 Å². The molecule has 4 nitrogen and oxygen atoms in total. The number of ether oxygens (including phenoxy) is 2. The SMILES string of the molecule is CCCc1cc(Cl)c(OC(=O)OC(=O)c2ccccc2)c(Cl)c1. The van der Waals surface area contributed by atoms with E-state index in [4.69, 9.17) is 27.9 Å². The van der Waals surface area contributed by atoms with Crippen molar-refractivity contribution in [1.29, 1.82) is 0 Å². The van der Waals surface area contributed by atoms with Crippen LogP contribution in [0.3, 0.4) is 0 Å². The summed E-state index contributed by atoms with van der Waals surface area (Å²) in [6.45, 7) is 2.03. The van der Waals surface area contributed by atoms with Crippen molar-refractivity contribution in [3.63, 3.8) is 0 Å². The van der Waals surface area contributed by atoms with Crippen molar-refractivity contribution in [2.75, 3.05) is 0 Å². The van der Waals surface area contributed by atoms with E-state index in [0.29, 0.717) is 0 Å². The molecule has 0 unspecified atom stereocenters. The first-order chi connectivity index (χ1) is 11.0. The van der Waals surface area contributed by atoms with Crippen LogP contribution in [0, 0.1) is 0 Å². The molecule has 0 amide bonds. The molecule has 2 aromatic rings. The molecule has 2 aromatic carbocycles. The Hall–Kier alpha value is -2.04. The lowest BCUT2D eigenvalue weighted by Crippen LogP contribution is -2.16. The van der Waals surface area contributed by atoms with Crippen LogP contribution < -0.4 is 4.74 Å². The van der Waals surface area contributed by atoms with Gasteiger partial charge in [-0.2, -0.15) is 0 Å². The minimum absolute atomic E-state index is 0.0287. The van der Waals surface area contributed by atoms with Crippen molar-refractivity contribution >= 4 is 35.3 Å². The van der Waals surface area contributed by atoms with E-state index in [2.05, 4.69) is 4.74 Å². The first-order valence-electron chi connectivity index (χ1n) is 6.98. The van der Waals surface area contributed by atoms with Crippen LogP contribution in [0.5, 0.6) is 5.75 Å². The fourth-order valence-electron chi connectivity index (χ4n) is 1.96. The van der Waals surface area contributed by atoms with Crippen LogP contribution in [-0.4, -0.2) is 12.1 Å². The fraction of sp³-hybridized carbons (Fsp3) is 0.176. The summed E-state index contributed by atoms with van der Waals surface area (Å²) in [6.07, 6.45) is 0.544. The number of benzene rings is 2. The van der Waals surface area contributed by atoms with Crippen LogP contribution in [0.4, 0.5) is 4.79 Å². The third-order valence-electron chi connectivity index (χ3n) is 2.97. The number of esters is 1. The number of hydrogen-bond donors (Lipinski definition) is 0. The lowest BCUT2D eigenvalue weighted by atomic mass is 10.1. The van der Waals surface area contributed by atoms with Gasteiger partial charge in [-0.1, -0.05) is 54.7 Å². The van der Waals surface area contributed by atoms with Crippen molar-refractivity contribution in [1.82, 2.24) is 0 Å². The maximum Gasteiger partial charge on any atom is 0.522 e. The zero-order valence-corrected chi connectivity index (χ0v) is 13.9. The van der Waals surface area contributed by atoms with Gasteiger partial charge in [0.1, 0.15) is 0 Å². The highest BCUT2D eigenvalue weighted by molar-refractivity contribution is 6.37. The third kappa shape index (κ3) is 4.71. The zero-order valence-electron chi connectivity index (χ0n) is 12.3. The van der Waals surface area contributed by atoms with Gasteiger partial charge in [-0.15, -0.1) is 0 Å². The molecule has 0 spiro atoms. The summed E-state index contributed by atoms with van der Waals surface area (Å²) in [7, 11) is 0. The Morgan fingerprint density at radius 1 is 1.04 bits per heavy atom. The summed E-state index contributed by atoms with van der Waals surface area (Å²) in [5, 5.41) is 0.370. The topological polar surface area (TPSA) is 52.6 Å². The van der Waals surface area contributed by atoms with E-state index in [0.717, 1.165) is 18.4 Å². The number of carbonyl (C=O) groups is 2.